The number of unbranched alkanes of at least 4 members (excludes halogenated alkanes) is 3. The molecule has 0 aliphatic rings. The van der Waals surface area contributed by atoms with E-state index in [0.717, 1.165) is 31.2 Å². The molecule has 0 saturated carbocycles. The van der Waals surface area contributed by atoms with Crippen molar-refractivity contribution in [3.8, 4) is 11.5 Å². The Kier molecular flexibility index (Phi) is 7.06. The molecule has 0 aliphatic heterocycles. The molecule has 0 radical (unpaired) electrons. The number of fused-ring (bicyclic) bond motifs is 1. The van der Waals surface area contributed by atoms with E-state index in [4.69, 9.17) is 21.4 Å². The summed E-state index contributed by atoms with van der Waals surface area (Å²) in [7, 11) is 1.47. The van der Waals surface area contributed by atoms with Crippen molar-refractivity contribution in [3.63, 3.8) is 0 Å². The van der Waals surface area contributed by atoms with Crippen LogP contribution in [0, 0.1) is 5.82 Å². The van der Waals surface area contributed by atoms with Gasteiger partial charge in [-0.25, -0.2) is 14.4 Å². The number of rotatable bonds is 9. The zero-order chi connectivity index (χ0) is 20.8. The first-order valence-electron chi connectivity index (χ1n) is 9.41. The number of methoxy groups -OCH3 is 1. The van der Waals surface area contributed by atoms with Crippen molar-refractivity contribution in [3.05, 3.63) is 47.0 Å². The minimum atomic E-state index is -0.475. The molecular weight excluding hydrogens is 397 g/mol. The van der Waals surface area contributed by atoms with E-state index in [1.54, 1.807) is 6.07 Å². The summed E-state index contributed by atoms with van der Waals surface area (Å²) in [5.74, 6) is 0.282. The van der Waals surface area contributed by atoms with Gasteiger partial charge in [0.15, 0.2) is 11.5 Å². The Morgan fingerprint density at radius 1 is 1.10 bits per heavy atom. The fourth-order valence-electron chi connectivity index (χ4n) is 3.16. The van der Waals surface area contributed by atoms with Gasteiger partial charge in [-0.2, -0.15) is 0 Å². The monoisotopic (exact) mass is 419 g/mol. The predicted molar refractivity (Wildman–Crippen MR) is 112 cm³/mol. The number of ether oxygens (including phenoxy) is 1. The number of aliphatic hydroxyl groups is 1. The Morgan fingerprint density at radius 3 is 2.66 bits per heavy atom. The van der Waals surface area contributed by atoms with Crippen LogP contribution in [-0.2, 0) is 6.42 Å². The molecule has 1 aromatic heterocycles. The minimum Gasteiger partial charge on any atom is -0.504 e. The highest BCUT2D eigenvalue weighted by Gasteiger charge is 2.13. The molecule has 0 spiro atoms. The number of phenolic OH excluding ortho intramolecular Hbond substituents is 1. The standard InChI is InChI=1S/C21H23ClFN3O3/c1-29-20-11-18-14(9-19(20)28)21(25-12-24-18)26-17-10-15(22)16(23)8-13(17)6-4-2-3-5-7-27/h8-12,27-28H,2-7H2,1H3,(H,24,25,26). The van der Waals surface area contributed by atoms with E-state index in [1.165, 1.54) is 31.6 Å². The number of hydrogen-bond donors (Lipinski definition) is 3. The van der Waals surface area contributed by atoms with E-state index in [0.29, 0.717) is 34.6 Å². The summed E-state index contributed by atoms with van der Waals surface area (Å²) in [6, 6.07) is 6.12. The van der Waals surface area contributed by atoms with Crippen LogP contribution in [0.4, 0.5) is 15.9 Å². The van der Waals surface area contributed by atoms with E-state index in [9.17, 15) is 9.50 Å². The molecule has 0 bridgehead atoms. The van der Waals surface area contributed by atoms with E-state index in [-0.39, 0.29) is 17.4 Å². The van der Waals surface area contributed by atoms with Gasteiger partial charge in [0, 0.05) is 23.7 Å². The zero-order valence-corrected chi connectivity index (χ0v) is 16.8. The lowest BCUT2D eigenvalue weighted by Gasteiger charge is -2.15. The molecular formula is C21H23ClFN3O3. The number of aromatic hydroxyl groups is 1. The van der Waals surface area contributed by atoms with Gasteiger partial charge in [0.1, 0.15) is 18.0 Å². The van der Waals surface area contributed by atoms with E-state index >= 15 is 0 Å². The van der Waals surface area contributed by atoms with Gasteiger partial charge in [0.05, 0.1) is 17.6 Å². The van der Waals surface area contributed by atoms with Gasteiger partial charge in [-0.15, -0.1) is 0 Å². The number of aromatic nitrogens is 2. The van der Waals surface area contributed by atoms with Gasteiger partial charge in [-0.1, -0.05) is 24.4 Å². The largest absolute Gasteiger partial charge is 0.504 e. The Morgan fingerprint density at radius 2 is 1.90 bits per heavy atom. The smallest absolute Gasteiger partial charge is 0.162 e. The molecule has 0 unspecified atom stereocenters. The van der Waals surface area contributed by atoms with Crippen LogP contribution >= 0.6 is 11.6 Å². The van der Waals surface area contributed by atoms with Crippen molar-refractivity contribution < 1.29 is 19.3 Å². The second kappa shape index (κ2) is 9.71. The lowest BCUT2D eigenvalue weighted by Crippen LogP contribution is -2.01. The maximum Gasteiger partial charge on any atom is 0.162 e. The van der Waals surface area contributed by atoms with Gasteiger partial charge < -0.3 is 20.3 Å². The highest BCUT2D eigenvalue weighted by Crippen LogP contribution is 2.35. The molecule has 154 valence electrons. The summed E-state index contributed by atoms with van der Waals surface area (Å²) in [6.45, 7) is 0.181. The van der Waals surface area contributed by atoms with Gasteiger partial charge in [0.25, 0.3) is 0 Å². The molecule has 3 N–H and O–H groups in total. The van der Waals surface area contributed by atoms with Crippen LogP contribution in [0.25, 0.3) is 10.9 Å². The Hall–Kier alpha value is -2.64. The van der Waals surface area contributed by atoms with Crippen LogP contribution < -0.4 is 10.1 Å². The molecule has 0 aliphatic carbocycles. The lowest BCUT2D eigenvalue weighted by atomic mass is 10.0. The van der Waals surface area contributed by atoms with Gasteiger partial charge in [0.2, 0.25) is 0 Å². The molecule has 29 heavy (non-hydrogen) atoms. The first-order chi connectivity index (χ1) is 14.0. The Balaban J connectivity index is 1.91. The maximum atomic E-state index is 14.1. The third-order valence-electron chi connectivity index (χ3n) is 4.69. The third kappa shape index (κ3) is 5.05. The average molecular weight is 420 g/mol. The first kappa shape index (κ1) is 21.1. The number of anilines is 2. The van der Waals surface area contributed by atoms with Crippen LogP contribution in [0.15, 0.2) is 30.6 Å². The molecule has 3 rings (SSSR count). The van der Waals surface area contributed by atoms with Gasteiger partial charge >= 0.3 is 0 Å². The molecule has 0 fully saturated rings. The summed E-state index contributed by atoms with van der Waals surface area (Å²) in [5.41, 5.74) is 2.02. The van der Waals surface area contributed by atoms with Crippen LogP contribution in [0.3, 0.4) is 0 Å². The van der Waals surface area contributed by atoms with Crippen LogP contribution in [-0.4, -0.2) is 33.9 Å². The number of aliphatic hydroxyl groups excluding tert-OH is 1. The maximum absolute atomic E-state index is 14.1. The van der Waals surface area contributed by atoms with Crippen molar-refractivity contribution in [2.24, 2.45) is 0 Å². The van der Waals surface area contributed by atoms with E-state index in [2.05, 4.69) is 15.3 Å². The van der Waals surface area contributed by atoms with Crippen molar-refractivity contribution in [1.29, 1.82) is 0 Å². The molecule has 0 amide bonds. The summed E-state index contributed by atoms with van der Waals surface area (Å²) in [5, 5.41) is 22.8. The second-order valence-corrected chi connectivity index (χ2v) is 7.11. The molecule has 1 heterocycles. The Labute approximate surface area is 173 Å². The summed E-state index contributed by atoms with van der Waals surface area (Å²) < 4.78 is 19.2. The quantitative estimate of drug-likeness (QED) is 0.424. The number of nitrogens with one attached hydrogen (secondary N) is 1. The van der Waals surface area contributed by atoms with Crippen molar-refractivity contribution in [2.75, 3.05) is 19.0 Å². The highest BCUT2D eigenvalue weighted by molar-refractivity contribution is 6.31. The van der Waals surface area contributed by atoms with Gasteiger partial charge in [-0.05, 0) is 43.0 Å². The number of nitrogens with zero attached hydrogens (tertiary/aromatic N) is 2. The van der Waals surface area contributed by atoms with Crippen molar-refractivity contribution >= 4 is 34.0 Å². The predicted octanol–water partition coefficient (Wildman–Crippen LogP) is 4.98. The Bertz CT molecular complexity index is 1000. The zero-order valence-electron chi connectivity index (χ0n) is 16.1. The fourth-order valence-corrected chi connectivity index (χ4v) is 3.32. The molecule has 0 atom stereocenters. The molecule has 2 aromatic carbocycles. The van der Waals surface area contributed by atoms with Crippen molar-refractivity contribution in [1.82, 2.24) is 9.97 Å². The summed E-state index contributed by atoms with van der Waals surface area (Å²) in [4.78, 5) is 8.49. The second-order valence-electron chi connectivity index (χ2n) is 6.70. The van der Waals surface area contributed by atoms with Crippen LogP contribution in [0.2, 0.25) is 5.02 Å². The minimum absolute atomic E-state index is 0.0133. The molecule has 3 aromatic rings. The highest BCUT2D eigenvalue weighted by atomic mass is 35.5. The fraction of sp³-hybridized carbons (Fsp3) is 0.333. The first-order valence-corrected chi connectivity index (χ1v) is 9.78. The normalized spacial score (nSPS) is 11.0. The van der Waals surface area contributed by atoms with E-state index in [1.807, 2.05) is 0 Å². The number of benzene rings is 2. The summed E-state index contributed by atoms with van der Waals surface area (Å²) in [6.07, 6.45) is 5.55. The number of hydrogen-bond acceptors (Lipinski definition) is 6. The molecule has 8 heteroatoms. The topological polar surface area (TPSA) is 87.5 Å². The number of halogens is 2. The van der Waals surface area contributed by atoms with E-state index < -0.39 is 5.82 Å². The molecule has 0 saturated heterocycles. The number of phenols is 1. The average Bonchev–Trinajstić information content (AvgIpc) is 2.71. The SMILES string of the molecule is COc1cc2ncnc(Nc3cc(Cl)c(F)cc3CCCCCCO)c2cc1O. The molecule has 6 nitrogen and oxygen atoms in total. The van der Waals surface area contributed by atoms with Crippen LogP contribution in [0.1, 0.15) is 31.2 Å². The number of aryl methyl sites for hydroxylation is 1. The summed E-state index contributed by atoms with van der Waals surface area (Å²) >= 11 is 6.01. The van der Waals surface area contributed by atoms with Crippen LogP contribution in [0.5, 0.6) is 11.5 Å². The van der Waals surface area contributed by atoms with Crippen molar-refractivity contribution in [2.45, 2.75) is 32.1 Å². The van der Waals surface area contributed by atoms with Gasteiger partial charge in [-0.3, -0.25) is 0 Å². The third-order valence-corrected chi connectivity index (χ3v) is 4.98. The lowest BCUT2D eigenvalue weighted by molar-refractivity contribution is 0.282.